The smallest absolute Gasteiger partial charge is 0.416 e. The highest BCUT2D eigenvalue weighted by molar-refractivity contribution is 5.87. The third-order valence-corrected chi connectivity index (χ3v) is 10.5. The number of allylic oxidation sites excluding steroid dienone is 3. The van der Waals surface area contributed by atoms with Crippen LogP contribution in [0, 0.1) is 34.5 Å². The first kappa shape index (κ1) is 27.0. The SMILES string of the molecule is C[C@]12CC[C@H]3[C@@H](CC=C4C=C(C(=O)O)CC[C@@]43C)[C@@H]1CC[C@@H]2C(=O)NC(c1ccccc1)C(O)C(F)(F)F. The van der Waals surface area contributed by atoms with E-state index in [4.69, 9.17) is 0 Å². The monoisotopic (exact) mass is 531 g/mol. The first-order valence-corrected chi connectivity index (χ1v) is 13.6. The van der Waals surface area contributed by atoms with Gasteiger partial charge in [0.1, 0.15) is 0 Å². The van der Waals surface area contributed by atoms with E-state index in [1.54, 1.807) is 18.2 Å². The molecule has 5 rings (SSSR count). The molecule has 0 aliphatic heterocycles. The maximum absolute atomic E-state index is 13.6. The number of benzene rings is 1. The molecule has 0 radical (unpaired) electrons. The van der Waals surface area contributed by atoms with Crippen molar-refractivity contribution in [1.29, 1.82) is 0 Å². The predicted molar refractivity (Wildman–Crippen MR) is 136 cm³/mol. The molecule has 0 saturated heterocycles. The van der Waals surface area contributed by atoms with Gasteiger partial charge in [-0.1, -0.05) is 50.3 Å². The molecule has 0 aromatic heterocycles. The van der Waals surface area contributed by atoms with Gasteiger partial charge in [-0.25, -0.2) is 4.79 Å². The van der Waals surface area contributed by atoms with Gasteiger partial charge in [-0.3, -0.25) is 4.79 Å². The molecule has 2 fully saturated rings. The molecule has 0 spiro atoms. The fourth-order valence-electron chi connectivity index (χ4n) is 8.37. The van der Waals surface area contributed by atoms with Crippen LogP contribution in [0.4, 0.5) is 13.2 Å². The molecule has 0 heterocycles. The van der Waals surface area contributed by atoms with Crippen LogP contribution in [-0.4, -0.2) is 34.4 Å². The lowest BCUT2D eigenvalue weighted by molar-refractivity contribution is -0.213. The Labute approximate surface area is 221 Å². The van der Waals surface area contributed by atoms with Crippen LogP contribution in [0.3, 0.4) is 0 Å². The number of alkyl halides is 3. The Morgan fingerprint density at radius 2 is 1.76 bits per heavy atom. The first-order chi connectivity index (χ1) is 17.9. The quantitative estimate of drug-likeness (QED) is 0.437. The number of aliphatic hydroxyl groups excluding tert-OH is 1. The van der Waals surface area contributed by atoms with Crippen molar-refractivity contribution in [2.45, 2.75) is 77.1 Å². The van der Waals surface area contributed by atoms with Gasteiger partial charge in [0.15, 0.2) is 6.10 Å². The fraction of sp³-hybridized carbons (Fsp3) is 0.600. The summed E-state index contributed by atoms with van der Waals surface area (Å²) in [6, 6.07) is 6.28. The largest absolute Gasteiger partial charge is 0.478 e. The Morgan fingerprint density at radius 3 is 2.42 bits per heavy atom. The van der Waals surface area contributed by atoms with Crippen molar-refractivity contribution in [3.05, 3.63) is 59.2 Å². The minimum absolute atomic E-state index is 0.0984. The van der Waals surface area contributed by atoms with Crippen molar-refractivity contribution in [1.82, 2.24) is 5.32 Å². The summed E-state index contributed by atoms with van der Waals surface area (Å²) in [4.78, 5) is 25.2. The molecule has 4 aliphatic carbocycles. The Balaban J connectivity index is 1.38. The van der Waals surface area contributed by atoms with Crippen molar-refractivity contribution in [3.8, 4) is 0 Å². The molecule has 8 heteroatoms. The van der Waals surface area contributed by atoms with Crippen LogP contribution in [0.25, 0.3) is 0 Å². The van der Waals surface area contributed by atoms with Crippen LogP contribution in [0.15, 0.2) is 53.6 Å². The fourth-order valence-corrected chi connectivity index (χ4v) is 8.37. The Morgan fingerprint density at radius 1 is 1.05 bits per heavy atom. The minimum atomic E-state index is -4.87. The van der Waals surface area contributed by atoms with Gasteiger partial charge in [0.25, 0.3) is 0 Å². The number of carboxylic acid groups (broad SMARTS) is 1. The van der Waals surface area contributed by atoms with Gasteiger partial charge in [0, 0.05) is 11.5 Å². The van der Waals surface area contributed by atoms with Crippen molar-refractivity contribution >= 4 is 11.9 Å². The van der Waals surface area contributed by atoms with Gasteiger partial charge < -0.3 is 15.5 Å². The summed E-state index contributed by atoms with van der Waals surface area (Å²) >= 11 is 0. The van der Waals surface area contributed by atoms with Gasteiger partial charge >= 0.3 is 12.1 Å². The van der Waals surface area contributed by atoms with Gasteiger partial charge in [-0.15, -0.1) is 0 Å². The molecule has 3 N–H and O–H groups in total. The van der Waals surface area contributed by atoms with Crippen LogP contribution in [0.5, 0.6) is 0 Å². The van der Waals surface area contributed by atoms with E-state index in [1.165, 1.54) is 12.1 Å². The second-order valence-electron chi connectivity index (χ2n) is 12.2. The molecule has 1 amide bonds. The number of aliphatic hydroxyl groups is 1. The lowest BCUT2D eigenvalue weighted by atomic mass is 9.48. The summed E-state index contributed by atoms with van der Waals surface area (Å²) in [5.74, 6) is -0.706. The van der Waals surface area contributed by atoms with Crippen LogP contribution in [0.1, 0.15) is 70.4 Å². The lowest BCUT2D eigenvalue weighted by Gasteiger charge is -2.57. The average molecular weight is 532 g/mol. The van der Waals surface area contributed by atoms with E-state index in [0.717, 1.165) is 37.7 Å². The number of carboxylic acids is 1. The highest BCUT2D eigenvalue weighted by Gasteiger charge is 2.60. The molecule has 1 aromatic carbocycles. The maximum Gasteiger partial charge on any atom is 0.416 e. The maximum atomic E-state index is 13.6. The summed E-state index contributed by atoms with van der Waals surface area (Å²) in [6.07, 6.45) is 1.78. The van der Waals surface area contributed by atoms with Crippen molar-refractivity contribution in [2.24, 2.45) is 34.5 Å². The summed E-state index contributed by atoms with van der Waals surface area (Å²) in [7, 11) is 0. The molecule has 2 saturated carbocycles. The summed E-state index contributed by atoms with van der Waals surface area (Å²) in [5, 5.41) is 22.2. The number of fused-ring (bicyclic) bond motifs is 5. The third kappa shape index (κ3) is 4.38. The molecular formula is C30H36F3NO4. The number of hydrogen-bond donors (Lipinski definition) is 3. The highest BCUT2D eigenvalue weighted by Crippen LogP contribution is 2.66. The second-order valence-corrected chi connectivity index (χ2v) is 12.2. The number of hydrogen-bond acceptors (Lipinski definition) is 3. The number of amides is 1. The summed E-state index contributed by atoms with van der Waals surface area (Å²) < 4.78 is 40.6. The first-order valence-electron chi connectivity index (χ1n) is 13.6. The molecule has 2 unspecified atom stereocenters. The zero-order valence-electron chi connectivity index (χ0n) is 21.8. The van der Waals surface area contributed by atoms with E-state index < -0.39 is 36.1 Å². The summed E-state index contributed by atoms with van der Waals surface area (Å²) in [6.45, 7) is 4.36. The molecule has 5 nitrogen and oxygen atoms in total. The zero-order chi connectivity index (χ0) is 27.5. The van der Waals surface area contributed by atoms with Gasteiger partial charge in [-0.05, 0) is 90.7 Å². The molecule has 1 aromatic rings. The molecule has 206 valence electrons. The van der Waals surface area contributed by atoms with E-state index in [1.807, 2.05) is 6.08 Å². The van der Waals surface area contributed by atoms with Gasteiger partial charge in [-0.2, -0.15) is 13.2 Å². The Bertz CT molecular complexity index is 1160. The molecular weight excluding hydrogens is 495 g/mol. The molecule has 4 aliphatic rings. The number of rotatable bonds is 5. The van der Waals surface area contributed by atoms with Crippen molar-refractivity contribution in [3.63, 3.8) is 0 Å². The predicted octanol–water partition coefficient (Wildman–Crippen LogP) is 5.97. The zero-order valence-corrected chi connectivity index (χ0v) is 21.8. The third-order valence-electron chi connectivity index (χ3n) is 10.5. The topological polar surface area (TPSA) is 86.6 Å². The van der Waals surface area contributed by atoms with Crippen LogP contribution < -0.4 is 5.32 Å². The Kier molecular flexibility index (Phi) is 6.77. The minimum Gasteiger partial charge on any atom is -0.478 e. The van der Waals surface area contributed by atoms with Crippen molar-refractivity contribution < 1.29 is 33.0 Å². The summed E-state index contributed by atoms with van der Waals surface area (Å²) in [5.41, 5.74) is 1.36. The number of aliphatic carboxylic acids is 1. The lowest BCUT2D eigenvalue weighted by Crippen LogP contribution is -2.52. The molecule has 0 bridgehead atoms. The highest BCUT2D eigenvalue weighted by atomic mass is 19.4. The molecule has 8 atom stereocenters. The van der Waals surface area contributed by atoms with Gasteiger partial charge in [0.2, 0.25) is 5.91 Å². The Hall–Kier alpha value is -2.61. The number of halogens is 3. The van der Waals surface area contributed by atoms with E-state index >= 15 is 0 Å². The van der Waals surface area contributed by atoms with Gasteiger partial charge in [0.05, 0.1) is 6.04 Å². The molecule has 38 heavy (non-hydrogen) atoms. The van der Waals surface area contributed by atoms with E-state index in [-0.39, 0.29) is 22.3 Å². The van der Waals surface area contributed by atoms with E-state index in [2.05, 4.69) is 25.2 Å². The second kappa shape index (κ2) is 9.54. The van der Waals surface area contributed by atoms with Crippen LogP contribution >= 0.6 is 0 Å². The number of nitrogens with one attached hydrogen (secondary N) is 1. The van der Waals surface area contributed by atoms with E-state index in [0.29, 0.717) is 30.3 Å². The normalized spacial score (nSPS) is 36.1. The van der Waals surface area contributed by atoms with Crippen molar-refractivity contribution in [2.75, 3.05) is 0 Å². The van der Waals surface area contributed by atoms with E-state index in [9.17, 15) is 33.0 Å². The van der Waals surface area contributed by atoms with Crippen LogP contribution in [0.2, 0.25) is 0 Å². The number of carbonyl (C=O) groups is 2. The standard InChI is InChI=1S/C30H36F3NO4/c1-28-14-12-18(27(37)38)16-19(28)8-9-20-21-10-11-23(29(21,2)15-13-22(20)28)26(36)34-24(25(35)30(31,32)33)17-6-4-3-5-7-17/h3-8,16,20-25,35H,9-15H2,1-2H3,(H,34,36)(H,37,38)/t20-,21-,22-,23+,24?,25?,28-,29-/m0/s1. The average Bonchev–Trinajstić information content (AvgIpc) is 3.23. The number of carbonyl (C=O) groups excluding carboxylic acids is 1. The van der Waals surface area contributed by atoms with Crippen LogP contribution in [-0.2, 0) is 9.59 Å².